The van der Waals surface area contributed by atoms with E-state index in [9.17, 15) is 38.7 Å². The Bertz CT molecular complexity index is 2210. The van der Waals surface area contributed by atoms with E-state index in [0.29, 0.717) is 28.8 Å². The van der Waals surface area contributed by atoms with E-state index in [1.54, 1.807) is 24.3 Å². The number of carboxylic acids is 1. The third kappa shape index (κ3) is 13.1. The number of thioether (sulfide) groups is 1. The van der Waals surface area contributed by atoms with E-state index in [1.807, 2.05) is 72.1 Å². The molecule has 4 aromatic rings. The minimum Gasteiger partial charge on any atom is -0.481 e. The highest BCUT2D eigenvalue weighted by atomic mass is 32.2. The topological polar surface area (TPSA) is 212 Å². The molecule has 6 amide bonds. The summed E-state index contributed by atoms with van der Waals surface area (Å²) >= 11 is 1.53. The van der Waals surface area contributed by atoms with Crippen molar-refractivity contribution >= 4 is 58.9 Å². The van der Waals surface area contributed by atoms with E-state index in [1.165, 1.54) is 36.0 Å². The maximum atomic E-state index is 14.6. The van der Waals surface area contributed by atoms with Gasteiger partial charge in [0.25, 0.3) is 0 Å². The maximum absolute atomic E-state index is 14.6. The van der Waals surface area contributed by atoms with Crippen LogP contribution in [0, 0.1) is 0 Å². The van der Waals surface area contributed by atoms with E-state index in [-0.39, 0.29) is 50.3 Å². The summed E-state index contributed by atoms with van der Waals surface area (Å²) in [5, 5.41) is 27.7. The van der Waals surface area contributed by atoms with Gasteiger partial charge in [0.1, 0.15) is 24.2 Å². The Morgan fingerprint density at radius 1 is 0.639 bits per heavy atom. The third-order valence-electron chi connectivity index (χ3n) is 10.3. The van der Waals surface area contributed by atoms with Gasteiger partial charge in [-0.1, -0.05) is 103 Å². The molecule has 3 aliphatic rings. The first kappa shape index (κ1) is 43.8. The molecule has 0 fully saturated rings. The fourth-order valence-corrected chi connectivity index (χ4v) is 7.97. The molecule has 316 valence electrons. The van der Waals surface area contributed by atoms with E-state index in [2.05, 4.69) is 31.9 Å². The predicted octanol–water partition coefficient (Wildman–Crippen LogP) is 4.18. The van der Waals surface area contributed by atoms with Crippen LogP contribution >= 0.6 is 11.8 Å². The summed E-state index contributed by atoms with van der Waals surface area (Å²) in [7, 11) is 0. The summed E-state index contributed by atoms with van der Waals surface area (Å²) in [6, 6.07) is 27.5. The van der Waals surface area contributed by atoms with Crippen molar-refractivity contribution in [1.82, 2.24) is 26.6 Å². The monoisotopic (exact) mass is 844 g/mol. The van der Waals surface area contributed by atoms with Crippen LogP contribution < -0.4 is 31.9 Å². The van der Waals surface area contributed by atoms with Crippen LogP contribution in [0.15, 0.2) is 121 Å². The summed E-state index contributed by atoms with van der Waals surface area (Å²) in [4.78, 5) is 94.3. The van der Waals surface area contributed by atoms with Gasteiger partial charge >= 0.3 is 5.97 Å². The number of fused-ring (bicyclic) bond motifs is 17. The van der Waals surface area contributed by atoms with Gasteiger partial charge in [0.05, 0.1) is 6.42 Å². The average molecular weight is 845 g/mol. The first-order valence-electron chi connectivity index (χ1n) is 20.1. The number of amides is 6. The minimum atomic E-state index is -1.34. The largest absolute Gasteiger partial charge is 0.481 e. The lowest BCUT2D eigenvalue weighted by Crippen LogP contribution is -2.58. The van der Waals surface area contributed by atoms with Gasteiger partial charge in [0, 0.05) is 43.2 Å². The molecule has 15 heteroatoms. The smallest absolute Gasteiger partial charge is 0.305 e. The van der Waals surface area contributed by atoms with E-state index in [0.717, 1.165) is 11.1 Å². The molecule has 0 aromatic heterocycles. The molecule has 7 N–H and O–H groups in total. The summed E-state index contributed by atoms with van der Waals surface area (Å²) in [6.07, 6.45) is 2.17. The zero-order valence-electron chi connectivity index (χ0n) is 33.3. The molecule has 14 nitrogen and oxygen atoms in total. The zero-order chi connectivity index (χ0) is 43.1. The van der Waals surface area contributed by atoms with Crippen molar-refractivity contribution in [3.8, 4) is 11.1 Å². The van der Waals surface area contributed by atoms with Crippen LogP contribution in [0.5, 0.6) is 0 Å². The SMILES string of the molecule is O=C(O)CCNC(=O)C1NC(=O)[C@@H](Cc2ccccc2)NC(=O)[C@H](Cc2ccc(-c3ccccc3)cc2)NC(=O)[C@@H](CC2CC=CS2)NC(=O)CCC(=O)Nc2ccc1cc2. The molecule has 7 rings (SSSR count). The fourth-order valence-electron chi connectivity index (χ4n) is 7.00. The molecule has 0 radical (unpaired) electrons. The number of nitrogens with one attached hydrogen (secondary N) is 6. The molecule has 0 aliphatic carbocycles. The maximum Gasteiger partial charge on any atom is 0.305 e. The lowest BCUT2D eigenvalue weighted by atomic mass is 9.98. The van der Waals surface area contributed by atoms with Gasteiger partial charge in [-0.2, -0.15) is 0 Å². The van der Waals surface area contributed by atoms with Gasteiger partial charge in [0.2, 0.25) is 35.4 Å². The number of carbonyl (C=O) groups is 7. The van der Waals surface area contributed by atoms with E-state index in [4.69, 9.17) is 0 Å². The number of carboxylic acid groups (broad SMARTS) is 1. The van der Waals surface area contributed by atoms with Crippen LogP contribution in [0.1, 0.15) is 54.8 Å². The van der Waals surface area contributed by atoms with Crippen LogP contribution in [0.2, 0.25) is 0 Å². The lowest BCUT2D eigenvalue weighted by molar-refractivity contribution is -0.137. The van der Waals surface area contributed by atoms with Crippen LogP contribution in [-0.2, 0) is 46.4 Å². The zero-order valence-corrected chi connectivity index (χ0v) is 34.1. The molecule has 0 spiro atoms. The Balaban J connectivity index is 1.35. The Labute approximate surface area is 357 Å². The Morgan fingerprint density at radius 3 is 1.84 bits per heavy atom. The number of aliphatic carboxylic acids is 1. The standard InChI is InChI=1S/C46H48N6O8S/c53-39-21-22-40(54)49-38(28-35-12-7-25-61-35)44(58)50-36(27-30-13-15-32(16-14-30)31-10-5-2-6-11-31)43(57)51-37(26-29-8-3-1-4-9-29)45(59)52-42(46(60)47-24-23-41(55)56)33-17-19-34(48-39)20-18-33/h1-11,13-20,25,35-38,42H,12,21-24,26-28H2,(H,47,60)(H,48,53)(H,49,54)(H,50,58)(H,51,57)(H,52,59)(H,55,56)/t35?,36-,37+,38+,42?/m0/s1. The van der Waals surface area contributed by atoms with Crippen LogP contribution in [0.25, 0.3) is 11.1 Å². The summed E-state index contributed by atoms with van der Waals surface area (Å²) in [6.45, 7) is -0.211. The van der Waals surface area contributed by atoms with E-state index >= 15 is 0 Å². The van der Waals surface area contributed by atoms with Crippen LogP contribution in [0.4, 0.5) is 5.69 Å². The number of carbonyl (C=O) groups excluding carboxylic acids is 6. The quantitative estimate of drug-likeness (QED) is 0.108. The van der Waals surface area contributed by atoms with Gasteiger partial charge in [0.15, 0.2) is 0 Å². The first-order chi connectivity index (χ1) is 29.5. The highest BCUT2D eigenvalue weighted by Crippen LogP contribution is 2.28. The number of benzene rings is 4. The van der Waals surface area contributed by atoms with Crippen molar-refractivity contribution in [3.05, 3.63) is 137 Å². The Kier molecular flexibility index (Phi) is 15.4. The first-order valence-corrected chi connectivity index (χ1v) is 21.0. The second kappa shape index (κ2) is 21.5. The molecule has 4 aromatic carbocycles. The number of allylic oxidation sites excluding steroid dienone is 1. The number of rotatable bonds is 11. The summed E-state index contributed by atoms with van der Waals surface area (Å²) in [5.41, 5.74) is 4.02. The molecule has 61 heavy (non-hydrogen) atoms. The van der Waals surface area contributed by atoms with Crippen molar-refractivity contribution in [2.45, 2.75) is 74.4 Å². The lowest BCUT2D eigenvalue weighted by Gasteiger charge is -2.27. The van der Waals surface area contributed by atoms with Gasteiger partial charge in [-0.15, -0.1) is 11.8 Å². The second-order valence-corrected chi connectivity index (χ2v) is 16.1. The molecular weight excluding hydrogens is 797 g/mol. The third-order valence-corrected chi connectivity index (χ3v) is 11.4. The molecule has 2 unspecified atom stereocenters. The Hall–Kier alpha value is -6.74. The van der Waals surface area contributed by atoms with Crippen LogP contribution in [-0.4, -0.2) is 76.4 Å². The van der Waals surface area contributed by atoms with E-state index < -0.39 is 65.6 Å². The van der Waals surface area contributed by atoms with Gasteiger partial charge in [-0.05, 0) is 58.2 Å². The molecule has 5 atom stereocenters. The molecule has 3 heterocycles. The van der Waals surface area contributed by atoms with Crippen LogP contribution in [0.3, 0.4) is 0 Å². The normalized spacial score (nSPS) is 21.3. The van der Waals surface area contributed by atoms with Crippen molar-refractivity contribution in [2.24, 2.45) is 0 Å². The highest BCUT2D eigenvalue weighted by molar-refractivity contribution is 8.03. The number of hydrogen-bond acceptors (Lipinski definition) is 8. The molecular formula is C46H48N6O8S. The summed E-state index contributed by atoms with van der Waals surface area (Å²) < 4.78 is 0. The molecule has 0 saturated heterocycles. The van der Waals surface area contributed by atoms with Gasteiger partial charge in [-0.3, -0.25) is 33.6 Å². The van der Waals surface area contributed by atoms with Gasteiger partial charge < -0.3 is 37.0 Å². The minimum absolute atomic E-state index is 0.00770. The predicted molar refractivity (Wildman–Crippen MR) is 232 cm³/mol. The van der Waals surface area contributed by atoms with Crippen molar-refractivity contribution < 1.29 is 38.7 Å². The average Bonchev–Trinajstić information content (AvgIpc) is 3.78. The molecule has 3 aliphatic heterocycles. The Morgan fingerprint density at radius 2 is 1.21 bits per heavy atom. The molecule has 0 saturated carbocycles. The summed E-state index contributed by atoms with van der Waals surface area (Å²) in [5.74, 6) is -4.84. The van der Waals surface area contributed by atoms with Crippen molar-refractivity contribution in [1.29, 1.82) is 0 Å². The van der Waals surface area contributed by atoms with Crippen molar-refractivity contribution in [2.75, 3.05) is 11.9 Å². The van der Waals surface area contributed by atoms with Crippen molar-refractivity contribution in [3.63, 3.8) is 0 Å². The highest BCUT2D eigenvalue weighted by Gasteiger charge is 2.33. The number of anilines is 1. The fraction of sp³-hybridized carbons (Fsp3) is 0.283. The molecule has 2 bridgehead atoms. The second-order valence-electron chi connectivity index (χ2n) is 14.8. The van der Waals surface area contributed by atoms with Gasteiger partial charge in [-0.25, -0.2) is 0 Å². The number of hydrogen-bond donors (Lipinski definition) is 7.